The molecule has 1 aromatic heterocycles. The lowest BCUT2D eigenvalue weighted by atomic mass is 10.1. The Bertz CT molecular complexity index is 752. The van der Waals surface area contributed by atoms with Crippen LogP contribution in [0.25, 0.3) is 0 Å². The van der Waals surface area contributed by atoms with Crippen molar-refractivity contribution in [2.75, 3.05) is 25.6 Å². The van der Waals surface area contributed by atoms with E-state index in [1.807, 2.05) is 0 Å². The van der Waals surface area contributed by atoms with Gasteiger partial charge in [-0.2, -0.15) is 0 Å². The van der Waals surface area contributed by atoms with Gasteiger partial charge < -0.3 is 19.8 Å². The lowest BCUT2D eigenvalue weighted by Gasteiger charge is -2.12. The Morgan fingerprint density at radius 3 is 2.58 bits per heavy atom. The monoisotopic (exact) mass is 331 g/mol. The van der Waals surface area contributed by atoms with Crippen molar-refractivity contribution in [1.29, 1.82) is 0 Å². The Labute approximate surface area is 140 Å². The molecule has 1 heterocycles. The molecule has 0 unspecified atom stereocenters. The van der Waals surface area contributed by atoms with Crippen LogP contribution < -0.4 is 10.6 Å². The number of hydrogen-bond donors (Lipinski definition) is 2. The van der Waals surface area contributed by atoms with Crippen molar-refractivity contribution in [2.24, 2.45) is 0 Å². The van der Waals surface area contributed by atoms with Gasteiger partial charge in [0.15, 0.2) is 5.89 Å². The molecule has 0 atom stereocenters. The Hall–Kier alpha value is -2.67. The number of benzene rings is 1. The summed E-state index contributed by atoms with van der Waals surface area (Å²) in [5.74, 6) is -0.0111. The first-order chi connectivity index (χ1) is 11.4. The summed E-state index contributed by atoms with van der Waals surface area (Å²) < 4.78 is 10.2. The van der Waals surface area contributed by atoms with E-state index in [0.717, 1.165) is 0 Å². The zero-order valence-electron chi connectivity index (χ0n) is 14.2. The lowest BCUT2D eigenvalue weighted by molar-refractivity contribution is 0.0935. The highest BCUT2D eigenvalue weighted by Gasteiger charge is 2.18. The van der Waals surface area contributed by atoms with E-state index in [0.29, 0.717) is 41.6 Å². The molecule has 0 radical (unpaired) electrons. The van der Waals surface area contributed by atoms with Crippen molar-refractivity contribution < 1.29 is 18.7 Å². The zero-order valence-corrected chi connectivity index (χ0v) is 14.2. The number of amides is 2. The van der Waals surface area contributed by atoms with E-state index in [-0.39, 0.29) is 11.7 Å². The summed E-state index contributed by atoms with van der Waals surface area (Å²) in [7, 11) is 1.57. The minimum absolute atomic E-state index is 0.168. The molecule has 0 spiro atoms. The van der Waals surface area contributed by atoms with Crippen LogP contribution in [0.3, 0.4) is 0 Å². The maximum atomic E-state index is 12.3. The van der Waals surface area contributed by atoms with Gasteiger partial charge in [-0.15, -0.1) is 0 Å². The summed E-state index contributed by atoms with van der Waals surface area (Å²) in [5.41, 5.74) is 2.24. The molecule has 0 saturated carbocycles. The maximum absolute atomic E-state index is 12.3. The standard InChI is InChI=1S/C17H21N3O4/c1-10-13(16(21)18-8-9-23-4)6-5-7-14(10)20-17(22)15-11(2)19-12(3)24-15/h5-7H,8-9H2,1-4H3,(H,18,21)(H,20,22). The van der Waals surface area contributed by atoms with Crippen LogP contribution in [0.1, 0.15) is 38.1 Å². The first-order valence-electron chi connectivity index (χ1n) is 7.56. The quantitative estimate of drug-likeness (QED) is 0.792. The first kappa shape index (κ1) is 17.7. The topological polar surface area (TPSA) is 93.5 Å². The van der Waals surface area contributed by atoms with Crippen LogP contribution in [-0.2, 0) is 4.74 Å². The zero-order chi connectivity index (χ0) is 17.7. The number of oxazole rings is 1. The maximum Gasteiger partial charge on any atom is 0.293 e. The van der Waals surface area contributed by atoms with Crippen LogP contribution in [0.4, 0.5) is 5.69 Å². The van der Waals surface area contributed by atoms with Crippen molar-refractivity contribution in [3.05, 3.63) is 46.7 Å². The largest absolute Gasteiger partial charge is 0.436 e. The Morgan fingerprint density at radius 1 is 1.21 bits per heavy atom. The summed E-state index contributed by atoms with van der Waals surface area (Å²) in [6, 6.07) is 5.15. The number of anilines is 1. The van der Waals surface area contributed by atoms with Crippen LogP contribution in [0.5, 0.6) is 0 Å². The molecule has 7 nitrogen and oxygen atoms in total. The van der Waals surface area contributed by atoms with Gasteiger partial charge in [0.1, 0.15) is 0 Å². The number of carbonyl (C=O) groups excluding carboxylic acids is 2. The fourth-order valence-electron chi connectivity index (χ4n) is 2.30. The average Bonchev–Trinajstić information content (AvgIpc) is 2.88. The summed E-state index contributed by atoms with van der Waals surface area (Å²) in [4.78, 5) is 28.6. The van der Waals surface area contributed by atoms with Crippen molar-refractivity contribution in [3.8, 4) is 0 Å². The molecule has 0 aliphatic heterocycles. The van der Waals surface area contributed by atoms with E-state index in [4.69, 9.17) is 9.15 Å². The third-order valence-electron chi connectivity index (χ3n) is 3.53. The molecular weight excluding hydrogens is 310 g/mol. The Morgan fingerprint density at radius 2 is 1.96 bits per heavy atom. The van der Waals surface area contributed by atoms with Gasteiger partial charge in [0.05, 0.1) is 12.3 Å². The van der Waals surface area contributed by atoms with E-state index >= 15 is 0 Å². The summed E-state index contributed by atoms with van der Waals surface area (Å²) in [6.45, 7) is 6.02. The number of rotatable bonds is 6. The summed E-state index contributed by atoms with van der Waals surface area (Å²) in [6.07, 6.45) is 0. The van der Waals surface area contributed by atoms with Gasteiger partial charge in [0.2, 0.25) is 5.76 Å². The van der Waals surface area contributed by atoms with Crippen LogP contribution >= 0.6 is 0 Å². The van der Waals surface area contributed by atoms with Gasteiger partial charge in [0.25, 0.3) is 11.8 Å². The SMILES string of the molecule is COCCNC(=O)c1cccc(NC(=O)c2oc(C)nc2C)c1C. The number of carbonyl (C=O) groups is 2. The predicted molar refractivity (Wildman–Crippen MR) is 89.3 cm³/mol. The Kier molecular flexibility index (Phi) is 5.70. The average molecular weight is 331 g/mol. The molecule has 2 rings (SSSR count). The molecule has 24 heavy (non-hydrogen) atoms. The smallest absolute Gasteiger partial charge is 0.293 e. The molecule has 2 aromatic rings. The van der Waals surface area contributed by atoms with Crippen molar-refractivity contribution in [1.82, 2.24) is 10.3 Å². The third kappa shape index (κ3) is 3.99. The number of aromatic nitrogens is 1. The fourth-order valence-corrected chi connectivity index (χ4v) is 2.30. The minimum Gasteiger partial charge on any atom is -0.436 e. The number of hydrogen-bond acceptors (Lipinski definition) is 5. The Balaban J connectivity index is 2.17. The van der Waals surface area contributed by atoms with Crippen LogP contribution in [-0.4, -0.2) is 37.1 Å². The molecule has 0 aliphatic rings. The lowest BCUT2D eigenvalue weighted by Crippen LogP contribution is -2.27. The van der Waals surface area contributed by atoms with Gasteiger partial charge in [-0.05, 0) is 31.5 Å². The van der Waals surface area contributed by atoms with Crippen molar-refractivity contribution in [3.63, 3.8) is 0 Å². The van der Waals surface area contributed by atoms with E-state index in [1.165, 1.54) is 0 Å². The molecule has 2 amide bonds. The highest BCUT2D eigenvalue weighted by atomic mass is 16.5. The fraction of sp³-hybridized carbons (Fsp3) is 0.353. The van der Waals surface area contributed by atoms with Crippen molar-refractivity contribution >= 4 is 17.5 Å². The molecule has 0 aliphatic carbocycles. The number of methoxy groups -OCH3 is 1. The van der Waals surface area contributed by atoms with Crippen molar-refractivity contribution in [2.45, 2.75) is 20.8 Å². The van der Waals surface area contributed by atoms with Gasteiger partial charge >= 0.3 is 0 Å². The summed E-state index contributed by atoms with van der Waals surface area (Å²) in [5, 5.41) is 5.53. The highest BCUT2D eigenvalue weighted by Crippen LogP contribution is 2.20. The van der Waals surface area contributed by atoms with E-state index < -0.39 is 5.91 Å². The molecule has 0 fully saturated rings. The van der Waals surface area contributed by atoms with Crippen LogP contribution in [0.15, 0.2) is 22.6 Å². The number of nitrogens with zero attached hydrogens (tertiary/aromatic N) is 1. The molecular formula is C17H21N3O4. The second-order valence-electron chi connectivity index (χ2n) is 5.33. The molecule has 0 bridgehead atoms. The molecule has 128 valence electrons. The van der Waals surface area contributed by atoms with Gasteiger partial charge in [-0.25, -0.2) is 4.98 Å². The third-order valence-corrected chi connectivity index (χ3v) is 3.53. The van der Waals surface area contributed by atoms with Gasteiger partial charge in [0, 0.05) is 31.8 Å². The normalized spacial score (nSPS) is 10.5. The van der Waals surface area contributed by atoms with Crippen LogP contribution in [0.2, 0.25) is 0 Å². The highest BCUT2D eigenvalue weighted by molar-refractivity contribution is 6.05. The molecule has 7 heteroatoms. The number of aryl methyl sites for hydroxylation is 2. The van der Waals surface area contributed by atoms with Gasteiger partial charge in [-0.3, -0.25) is 9.59 Å². The van der Waals surface area contributed by atoms with Crippen LogP contribution in [0, 0.1) is 20.8 Å². The molecule has 2 N–H and O–H groups in total. The van der Waals surface area contributed by atoms with E-state index in [1.54, 1.807) is 46.1 Å². The van der Waals surface area contributed by atoms with Gasteiger partial charge in [-0.1, -0.05) is 6.07 Å². The van der Waals surface area contributed by atoms with E-state index in [2.05, 4.69) is 15.6 Å². The second-order valence-corrected chi connectivity index (χ2v) is 5.33. The van der Waals surface area contributed by atoms with E-state index in [9.17, 15) is 9.59 Å². The summed E-state index contributed by atoms with van der Waals surface area (Å²) >= 11 is 0. The number of nitrogens with one attached hydrogen (secondary N) is 2. The predicted octanol–water partition coefficient (Wildman–Crippen LogP) is 2.23. The molecule has 1 aromatic carbocycles. The minimum atomic E-state index is -0.395. The number of ether oxygens (including phenoxy) is 1. The molecule has 0 saturated heterocycles. The first-order valence-corrected chi connectivity index (χ1v) is 7.56. The second kappa shape index (κ2) is 7.74.